The van der Waals surface area contributed by atoms with Crippen LogP contribution in [0.5, 0.6) is 5.75 Å². The molecule has 0 amide bonds. The average molecular weight is 357 g/mol. The van der Waals surface area contributed by atoms with E-state index in [2.05, 4.69) is 22.3 Å². The van der Waals surface area contributed by atoms with Crippen molar-refractivity contribution in [1.82, 2.24) is 10.2 Å². The van der Waals surface area contributed by atoms with Crippen LogP contribution in [0.25, 0.3) is 0 Å². The van der Waals surface area contributed by atoms with Gasteiger partial charge in [0, 0.05) is 35.0 Å². The highest BCUT2D eigenvalue weighted by Crippen LogP contribution is 2.36. The lowest BCUT2D eigenvalue weighted by molar-refractivity contribution is 0.392. The lowest BCUT2D eigenvalue weighted by Gasteiger charge is -2.34. The van der Waals surface area contributed by atoms with Gasteiger partial charge < -0.3 is 15.4 Å². The van der Waals surface area contributed by atoms with Crippen molar-refractivity contribution in [3.8, 4) is 5.75 Å². The van der Waals surface area contributed by atoms with Crippen LogP contribution in [0.2, 0.25) is 0 Å². The molecule has 0 aliphatic carbocycles. The smallest absolute Gasteiger partial charge is 0.200 e. The molecular weight excluding hydrogens is 338 g/mol. The van der Waals surface area contributed by atoms with Crippen LogP contribution in [0.4, 0.5) is 0 Å². The zero-order valence-electron chi connectivity index (χ0n) is 12.3. The monoisotopic (exact) mass is 356 g/mol. The minimum absolute atomic E-state index is 0. The number of rotatable bonds is 4. The Bertz CT molecular complexity index is 594. The topological polar surface area (TPSA) is 52.6 Å². The maximum Gasteiger partial charge on any atom is 0.200 e. The molecular formula is C15H19ClN3OS2. The van der Waals surface area contributed by atoms with Gasteiger partial charge in [0.2, 0.25) is 0 Å². The summed E-state index contributed by atoms with van der Waals surface area (Å²) in [6.07, 6.45) is 3.63. The Labute approximate surface area is 146 Å². The van der Waals surface area contributed by atoms with Crippen LogP contribution >= 0.6 is 36.4 Å². The lowest BCUT2D eigenvalue weighted by atomic mass is 10.0. The van der Waals surface area contributed by atoms with Gasteiger partial charge >= 0.3 is 0 Å². The Morgan fingerprint density at radius 1 is 1.50 bits per heavy atom. The molecule has 0 aromatic heterocycles. The second kappa shape index (κ2) is 7.55. The van der Waals surface area contributed by atoms with Gasteiger partial charge in [-0.2, -0.15) is 0 Å². The molecule has 2 aliphatic rings. The second-order valence-electron chi connectivity index (χ2n) is 5.08. The SMILES string of the molecule is COc1ccc2c(c1)C[C@@H](N1C(=S)[N]C=C1CCN)CS2.Cl. The number of nitrogens with two attached hydrogens (primary N) is 1. The van der Waals surface area contributed by atoms with Gasteiger partial charge in [0.05, 0.1) is 7.11 Å². The Morgan fingerprint density at radius 3 is 3.05 bits per heavy atom. The highest BCUT2D eigenvalue weighted by molar-refractivity contribution is 7.99. The number of hydrogen-bond acceptors (Lipinski definition) is 4. The molecule has 119 valence electrons. The molecule has 2 N–H and O–H groups in total. The molecule has 0 saturated carbocycles. The van der Waals surface area contributed by atoms with Crippen LogP contribution in [0.1, 0.15) is 12.0 Å². The molecule has 2 heterocycles. The van der Waals surface area contributed by atoms with E-state index in [9.17, 15) is 0 Å². The number of methoxy groups -OCH3 is 1. The average Bonchev–Trinajstić information content (AvgIpc) is 2.87. The summed E-state index contributed by atoms with van der Waals surface area (Å²) < 4.78 is 5.33. The molecule has 0 fully saturated rings. The lowest BCUT2D eigenvalue weighted by Crippen LogP contribution is -2.42. The van der Waals surface area contributed by atoms with Crippen LogP contribution in [-0.4, -0.2) is 35.5 Å². The summed E-state index contributed by atoms with van der Waals surface area (Å²) in [6, 6.07) is 6.61. The fraction of sp³-hybridized carbons (Fsp3) is 0.400. The molecule has 0 bridgehead atoms. The van der Waals surface area contributed by atoms with Crippen LogP contribution in [-0.2, 0) is 6.42 Å². The fourth-order valence-corrected chi connectivity index (χ4v) is 4.20. The molecule has 1 aromatic carbocycles. The number of nitrogens with zero attached hydrogens (tertiary/aromatic N) is 2. The highest BCUT2D eigenvalue weighted by atomic mass is 35.5. The van der Waals surface area contributed by atoms with Gasteiger partial charge in [-0.1, -0.05) is 0 Å². The predicted molar refractivity (Wildman–Crippen MR) is 96.8 cm³/mol. The highest BCUT2D eigenvalue weighted by Gasteiger charge is 2.32. The Morgan fingerprint density at radius 2 is 2.32 bits per heavy atom. The Hall–Kier alpha value is -0.950. The molecule has 1 atom stereocenters. The summed E-state index contributed by atoms with van der Waals surface area (Å²) in [4.78, 5) is 3.51. The molecule has 22 heavy (non-hydrogen) atoms. The fourth-order valence-electron chi connectivity index (χ4n) is 2.75. The predicted octanol–water partition coefficient (Wildman–Crippen LogP) is 2.53. The Balaban J connectivity index is 0.00000176. The molecule has 0 saturated heterocycles. The summed E-state index contributed by atoms with van der Waals surface area (Å²) in [5.74, 6) is 1.91. The van der Waals surface area contributed by atoms with E-state index < -0.39 is 0 Å². The first-order valence-corrected chi connectivity index (χ1v) is 8.35. The van der Waals surface area contributed by atoms with E-state index in [0.29, 0.717) is 17.7 Å². The number of fused-ring (bicyclic) bond motifs is 1. The first-order chi connectivity index (χ1) is 10.2. The summed E-state index contributed by atoms with van der Waals surface area (Å²) in [5, 5.41) is 4.95. The van der Waals surface area contributed by atoms with Gasteiger partial charge in [0.15, 0.2) is 5.11 Å². The van der Waals surface area contributed by atoms with Crippen molar-refractivity contribution in [2.24, 2.45) is 5.73 Å². The molecule has 1 radical (unpaired) electrons. The summed E-state index contributed by atoms with van der Waals surface area (Å²) in [5.41, 5.74) is 8.14. The number of thiocarbonyl (C=S) groups is 1. The van der Waals surface area contributed by atoms with Crippen molar-refractivity contribution in [2.45, 2.75) is 23.8 Å². The number of hydrogen-bond donors (Lipinski definition) is 1. The second-order valence-corrected chi connectivity index (χ2v) is 6.51. The molecule has 4 nitrogen and oxygen atoms in total. The largest absolute Gasteiger partial charge is 0.497 e. The van der Waals surface area contributed by atoms with Gasteiger partial charge in [-0.3, -0.25) is 0 Å². The first kappa shape index (κ1) is 17.4. The van der Waals surface area contributed by atoms with E-state index in [1.54, 1.807) is 7.11 Å². The molecule has 1 aromatic rings. The van der Waals surface area contributed by atoms with Gasteiger partial charge in [-0.25, -0.2) is 5.32 Å². The van der Waals surface area contributed by atoms with E-state index in [-0.39, 0.29) is 12.4 Å². The van der Waals surface area contributed by atoms with E-state index in [4.69, 9.17) is 22.7 Å². The van der Waals surface area contributed by atoms with Crippen LogP contribution in [0.3, 0.4) is 0 Å². The zero-order valence-corrected chi connectivity index (χ0v) is 14.8. The minimum atomic E-state index is 0. The van der Waals surface area contributed by atoms with Crippen molar-refractivity contribution in [3.05, 3.63) is 35.7 Å². The maximum atomic E-state index is 5.69. The summed E-state index contributed by atoms with van der Waals surface area (Å²) in [6.45, 7) is 0.616. The van der Waals surface area contributed by atoms with Crippen molar-refractivity contribution in [2.75, 3.05) is 19.4 Å². The van der Waals surface area contributed by atoms with E-state index >= 15 is 0 Å². The van der Waals surface area contributed by atoms with Gasteiger partial charge in [-0.15, -0.1) is 24.2 Å². The number of halogens is 1. The maximum absolute atomic E-state index is 5.69. The number of benzene rings is 1. The van der Waals surface area contributed by atoms with Crippen LogP contribution < -0.4 is 15.8 Å². The summed E-state index contributed by atoms with van der Waals surface area (Å²) in [7, 11) is 1.70. The summed E-state index contributed by atoms with van der Waals surface area (Å²) >= 11 is 7.26. The minimum Gasteiger partial charge on any atom is -0.497 e. The van der Waals surface area contributed by atoms with Gasteiger partial charge in [0.25, 0.3) is 0 Å². The third kappa shape index (κ3) is 3.35. The number of ether oxygens (including phenoxy) is 1. The van der Waals surface area contributed by atoms with Gasteiger partial charge in [0.1, 0.15) is 5.75 Å². The standard InChI is InChI=1S/C15H18N3OS2.ClH/c1-19-13-2-3-14-10(7-13)6-12(9-21-14)18-11(4-5-16)8-17-15(18)20;/h2-3,7-8,12H,4-6,9,16H2,1H3;1H/t12-;/m1./s1. The van der Waals surface area contributed by atoms with Crippen molar-refractivity contribution >= 4 is 41.5 Å². The van der Waals surface area contributed by atoms with E-state index in [1.165, 1.54) is 10.5 Å². The van der Waals surface area contributed by atoms with Crippen molar-refractivity contribution < 1.29 is 4.74 Å². The van der Waals surface area contributed by atoms with Crippen LogP contribution in [0.15, 0.2) is 35.0 Å². The molecule has 7 heteroatoms. The first-order valence-electron chi connectivity index (χ1n) is 6.96. The molecule has 0 unspecified atom stereocenters. The number of thioether (sulfide) groups is 1. The van der Waals surface area contributed by atoms with Crippen LogP contribution in [0, 0.1) is 0 Å². The zero-order chi connectivity index (χ0) is 14.8. The quantitative estimate of drug-likeness (QED) is 0.840. The third-order valence-electron chi connectivity index (χ3n) is 3.76. The van der Waals surface area contributed by atoms with E-state index in [0.717, 1.165) is 30.0 Å². The molecule has 0 spiro atoms. The van der Waals surface area contributed by atoms with Crippen molar-refractivity contribution in [1.29, 1.82) is 0 Å². The van der Waals surface area contributed by atoms with E-state index in [1.807, 2.05) is 24.0 Å². The Kier molecular flexibility index (Phi) is 5.97. The third-order valence-corrected chi connectivity index (χ3v) is 5.32. The van der Waals surface area contributed by atoms with Gasteiger partial charge in [-0.05, 0) is 48.9 Å². The molecule has 3 rings (SSSR count). The van der Waals surface area contributed by atoms with Crippen molar-refractivity contribution in [3.63, 3.8) is 0 Å². The molecule has 2 aliphatic heterocycles. The normalized spacial score (nSPS) is 19.9.